The van der Waals surface area contributed by atoms with Crippen LogP contribution in [0, 0.1) is 29.6 Å². The SMILES string of the molecule is C[C@@H](C1C=CC(C2=CCC(c3ccccc3)C(C3C=CC=CC3)C2)=CC1c1nc(C2=CCCC=C2)nc(C2=CCCCC2)n1)n1c2c(c3c1CCC(c1ccccc1)=C3)CC(C1CC=CCC1)C=C2. The molecule has 0 aliphatic heterocycles. The van der Waals surface area contributed by atoms with Crippen molar-refractivity contribution in [3.8, 4) is 0 Å². The van der Waals surface area contributed by atoms with Crippen LogP contribution in [-0.2, 0) is 12.8 Å². The molecule has 0 N–H and O–H groups in total. The zero-order valence-electron chi connectivity index (χ0n) is 40.6. The van der Waals surface area contributed by atoms with E-state index in [9.17, 15) is 0 Å². The van der Waals surface area contributed by atoms with Gasteiger partial charge in [0.25, 0.3) is 0 Å². The van der Waals surface area contributed by atoms with Crippen molar-refractivity contribution in [2.75, 3.05) is 0 Å². The van der Waals surface area contributed by atoms with E-state index in [2.05, 4.69) is 175 Å². The van der Waals surface area contributed by atoms with Crippen molar-refractivity contribution in [2.24, 2.45) is 29.6 Å². The molecule has 4 aromatic rings. The van der Waals surface area contributed by atoms with Gasteiger partial charge in [-0.1, -0.05) is 152 Å². The smallest absolute Gasteiger partial charge is 0.163 e. The maximum atomic E-state index is 5.59. The Morgan fingerprint density at radius 2 is 1.51 bits per heavy atom. The predicted molar refractivity (Wildman–Crippen MR) is 287 cm³/mol. The Labute approximate surface area is 411 Å². The highest BCUT2D eigenvalue weighted by molar-refractivity contribution is 5.87. The van der Waals surface area contributed by atoms with Crippen LogP contribution in [0.15, 0.2) is 163 Å². The minimum Gasteiger partial charge on any atom is -0.341 e. The van der Waals surface area contributed by atoms with Gasteiger partial charge < -0.3 is 4.57 Å². The summed E-state index contributed by atoms with van der Waals surface area (Å²) in [6.45, 7) is 2.51. The highest BCUT2D eigenvalue weighted by atomic mass is 15.1. The van der Waals surface area contributed by atoms with Gasteiger partial charge in [0.05, 0.1) is 0 Å². The second kappa shape index (κ2) is 19.7. The monoisotopic (exact) mass is 905 g/mol. The third-order valence-electron chi connectivity index (χ3n) is 17.2. The molecule has 0 spiro atoms. The number of aromatic nitrogens is 4. The third kappa shape index (κ3) is 8.90. The molecule has 4 heteroatoms. The van der Waals surface area contributed by atoms with Crippen LogP contribution in [0.5, 0.6) is 0 Å². The van der Waals surface area contributed by atoms with E-state index in [0.717, 1.165) is 87.3 Å². The normalized spacial score (nSPS) is 27.7. The number of allylic oxidation sites excluding steroid dienone is 20. The Morgan fingerprint density at radius 3 is 2.30 bits per heavy atom. The Balaban J connectivity index is 0.980. The molecule has 0 saturated carbocycles. The number of nitrogens with zero attached hydrogens (tertiary/aromatic N) is 4. The summed E-state index contributed by atoms with van der Waals surface area (Å²) >= 11 is 0. The minimum atomic E-state index is -0.0383. The van der Waals surface area contributed by atoms with Crippen LogP contribution in [0.3, 0.4) is 0 Å². The first-order valence-corrected chi connectivity index (χ1v) is 26.8. The van der Waals surface area contributed by atoms with Gasteiger partial charge in [-0.2, -0.15) is 0 Å². The van der Waals surface area contributed by atoms with Gasteiger partial charge in [0, 0.05) is 34.8 Å². The van der Waals surface area contributed by atoms with Crippen molar-refractivity contribution in [1.29, 1.82) is 0 Å². The van der Waals surface area contributed by atoms with E-state index in [-0.39, 0.29) is 17.9 Å². The van der Waals surface area contributed by atoms with Crippen LogP contribution in [-0.4, -0.2) is 19.5 Å². The molecule has 8 atom stereocenters. The fourth-order valence-electron chi connectivity index (χ4n) is 13.5. The van der Waals surface area contributed by atoms with E-state index in [1.165, 1.54) is 82.5 Å². The lowest BCUT2D eigenvalue weighted by Crippen LogP contribution is -2.28. The molecule has 4 nitrogen and oxygen atoms in total. The van der Waals surface area contributed by atoms with Gasteiger partial charge in [-0.15, -0.1) is 0 Å². The first-order valence-electron chi connectivity index (χ1n) is 26.8. The average Bonchev–Trinajstić information content (AvgIpc) is 3.77. The van der Waals surface area contributed by atoms with Crippen LogP contribution < -0.4 is 0 Å². The van der Waals surface area contributed by atoms with Crippen LogP contribution in [0.1, 0.15) is 159 Å². The molecule has 69 heavy (non-hydrogen) atoms. The molecule has 2 heterocycles. The van der Waals surface area contributed by atoms with Crippen LogP contribution in [0.4, 0.5) is 0 Å². The number of rotatable bonds is 10. The standard InChI is InChI=1S/C65H68N4/c1-44(69-61-38-34-51(45-20-8-2-9-21-45)41-58(61)59-42-52(35-39-62(59)69)46-22-10-3-11-23-46)55-36-32-54(53-33-37-56(47-24-12-4-13-25-47)57(40-53)48-26-14-5-15-27-48)43-60(55)65-67-63(49-28-16-6-17-29-49)66-64(68-65)50-30-18-7-19-31-50/h2-5,8-10,12-16,20-21,24-26,28-30,32-33,35-36,39,41,43-44,46,48,52,55-57,60H,6-7,11,17-19,22-23,27,31,34,37-38,40,42H2,1H3/t44-,46?,48?,52?,55?,56?,57?,60?/m0/s1. The first-order chi connectivity index (χ1) is 34.1. The quantitative estimate of drug-likeness (QED) is 0.149. The molecule has 0 amide bonds. The molecule has 348 valence electrons. The van der Waals surface area contributed by atoms with Gasteiger partial charge in [0.2, 0.25) is 0 Å². The molecule has 2 aromatic heterocycles. The van der Waals surface area contributed by atoms with Gasteiger partial charge in [-0.3, -0.25) is 0 Å². The number of fused-ring (bicyclic) bond motifs is 3. The minimum absolute atomic E-state index is 0.0383. The molecule has 0 bridgehead atoms. The first kappa shape index (κ1) is 44.1. The molecule has 0 fully saturated rings. The van der Waals surface area contributed by atoms with Crippen molar-refractivity contribution in [1.82, 2.24) is 19.5 Å². The summed E-state index contributed by atoms with van der Waals surface area (Å²) in [7, 11) is 0. The number of hydrogen-bond acceptors (Lipinski definition) is 3. The van der Waals surface area contributed by atoms with E-state index < -0.39 is 0 Å². The van der Waals surface area contributed by atoms with Crippen molar-refractivity contribution in [2.45, 2.75) is 121 Å². The van der Waals surface area contributed by atoms with Gasteiger partial charge in [0.1, 0.15) is 5.82 Å². The van der Waals surface area contributed by atoms with Crippen LogP contribution in [0.2, 0.25) is 0 Å². The molecule has 2 aromatic carbocycles. The van der Waals surface area contributed by atoms with Crippen molar-refractivity contribution in [3.05, 3.63) is 214 Å². The topological polar surface area (TPSA) is 43.6 Å². The summed E-state index contributed by atoms with van der Waals surface area (Å²) in [6.07, 6.45) is 58.1. The fourth-order valence-corrected chi connectivity index (χ4v) is 13.5. The summed E-state index contributed by atoms with van der Waals surface area (Å²) in [6, 6.07) is 22.6. The van der Waals surface area contributed by atoms with Gasteiger partial charge in [-0.25, -0.2) is 15.0 Å². The van der Waals surface area contributed by atoms with E-state index in [4.69, 9.17) is 15.0 Å². The molecule has 0 saturated heterocycles. The van der Waals surface area contributed by atoms with Gasteiger partial charge in [0.15, 0.2) is 11.6 Å². The molecule has 0 radical (unpaired) electrons. The summed E-state index contributed by atoms with van der Waals surface area (Å²) < 4.78 is 2.79. The zero-order valence-corrected chi connectivity index (χ0v) is 40.6. The van der Waals surface area contributed by atoms with Crippen molar-refractivity contribution >= 4 is 28.9 Å². The maximum Gasteiger partial charge on any atom is 0.163 e. The Kier molecular flexibility index (Phi) is 12.6. The zero-order chi connectivity index (χ0) is 46.1. The lowest BCUT2D eigenvalue weighted by atomic mass is 9.67. The second-order valence-electron chi connectivity index (χ2n) is 21.2. The Bertz CT molecular complexity index is 2920. The second-order valence-corrected chi connectivity index (χ2v) is 21.2. The summed E-state index contributed by atoms with van der Waals surface area (Å²) in [4.78, 5) is 16.5. The van der Waals surface area contributed by atoms with Crippen LogP contribution >= 0.6 is 0 Å². The largest absolute Gasteiger partial charge is 0.341 e. The molecule has 8 aliphatic carbocycles. The Morgan fingerprint density at radius 1 is 0.623 bits per heavy atom. The van der Waals surface area contributed by atoms with E-state index in [1.807, 2.05) is 0 Å². The summed E-state index contributed by atoms with van der Waals surface area (Å²) in [5.74, 6) is 5.51. The molecular weight excluding hydrogens is 837 g/mol. The Hall–Kier alpha value is -6.13. The lowest BCUT2D eigenvalue weighted by Gasteiger charge is -2.38. The lowest BCUT2D eigenvalue weighted by molar-refractivity contribution is 0.312. The molecule has 8 aliphatic rings. The number of benzene rings is 2. The third-order valence-corrected chi connectivity index (χ3v) is 17.2. The van der Waals surface area contributed by atoms with Crippen molar-refractivity contribution in [3.63, 3.8) is 0 Å². The highest BCUT2D eigenvalue weighted by Crippen LogP contribution is 2.50. The molecular formula is C65H68N4. The van der Waals surface area contributed by atoms with Crippen LogP contribution in [0.25, 0.3) is 28.9 Å². The maximum absolute atomic E-state index is 5.59. The summed E-state index contributed by atoms with van der Waals surface area (Å²) in [5.41, 5.74) is 15.5. The molecule has 12 rings (SSSR count). The number of hydrogen-bond donors (Lipinski definition) is 0. The van der Waals surface area contributed by atoms with Gasteiger partial charge in [-0.05, 0) is 190 Å². The highest BCUT2D eigenvalue weighted by Gasteiger charge is 2.39. The van der Waals surface area contributed by atoms with Crippen molar-refractivity contribution < 1.29 is 0 Å². The van der Waals surface area contributed by atoms with Gasteiger partial charge >= 0.3 is 0 Å². The summed E-state index contributed by atoms with van der Waals surface area (Å²) in [5, 5.41) is 0. The predicted octanol–water partition coefficient (Wildman–Crippen LogP) is 16.1. The average molecular weight is 905 g/mol. The van der Waals surface area contributed by atoms with E-state index in [1.54, 1.807) is 5.56 Å². The van der Waals surface area contributed by atoms with E-state index >= 15 is 0 Å². The molecule has 7 unspecified atom stereocenters. The van der Waals surface area contributed by atoms with E-state index in [0.29, 0.717) is 29.6 Å². The fraction of sp³-hybridized carbons (Fsp3) is 0.369.